The smallest absolute Gasteiger partial charge is 0.303 e. The van der Waals surface area contributed by atoms with Gasteiger partial charge in [0.05, 0.1) is 11.5 Å². The molecular formula is C40H66N2O5. The van der Waals surface area contributed by atoms with Crippen LogP contribution in [0, 0.1) is 56.7 Å². The number of unbranched alkanes of at least 4 members (excludes halogenated alkanes) is 2. The molecule has 0 aromatic carbocycles. The van der Waals surface area contributed by atoms with E-state index >= 15 is 0 Å². The summed E-state index contributed by atoms with van der Waals surface area (Å²) in [6.07, 6.45) is 14.0. The van der Waals surface area contributed by atoms with Gasteiger partial charge in [0.15, 0.2) is 0 Å². The van der Waals surface area contributed by atoms with E-state index in [1.165, 1.54) is 31.3 Å². The highest BCUT2D eigenvalue weighted by atomic mass is 16.4. The number of aliphatic carboxylic acids is 1. The van der Waals surface area contributed by atoms with Crippen LogP contribution in [0.5, 0.6) is 0 Å². The quantitative estimate of drug-likeness (QED) is 0.127. The maximum absolute atomic E-state index is 14.3. The molecule has 0 saturated heterocycles. The fourth-order valence-corrected chi connectivity index (χ4v) is 13.0. The maximum atomic E-state index is 14.3. The second-order valence-corrected chi connectivity index (χ2v) is 18.1. The first-order valence-electron chi connectivity index (χ1n) is 19.1. The molecule has 0 unspecified atom stereocenters. The number of carbonyl (C=O) groups excluding carboxylic acids is 2. The van der Waals surface area contributed by atoms with Crippen molar-refractivity contribution in [1.82, 2.24) is 10.6 Å². The van der Waals surface area contributed by atoms with Crippen molar-refractivity contribution >= 4 is 17.8 Å². The zero-order valence-electron chi connectivity index (χ0n) is 30.5. The SMILES string of the molecule is C=C(C)[C@@H]1CC[C@]2(C(=O)NCCCCC(=O)NCCCCC(=O)O)CC[C@]3(C)[C@H](CC[C@@H]4[C@@]5(C)CC[C@H](O)C(C)(C)[C@@H]5CC[C@]43C)[C@@H]12. The van der Waals surface area contributed by atoms with Crippen molar-refractivity contribution in [2.24, 2.45) is 56.7 Å². The normalized spacial score (nSPS) is 41.9. The van der Waals surface area contributed by atoms with Crippen molar-refractivity contribution in [3.05, 3.63) is 12.2 Å². The van der Waals surface area contributed by atoms with Crippen LogP contribution in [0.25, 0.3) is 0 Å². The van der Waals surface area contributed by atoms with Gasteiger partial charge in [-0.2, -0.15) is 0 Å². The number of carbonyl (C=O) groups is 3. The third kappa shape index (κ3) is 6.11. The van der Waals surface area contributed by atoms with Crippen LogP contribution in [-0.4, -0.2) is 47.2 Å². The zero-order valence-corrected chi connectivity index (χ0v) is 30.5. The van der Waals surface area contributed by atoms with Crippen molar-refractivity contribution < 1.29 is 24.6 Å². The van der Waals surface area contributed by atoms with Gasteiger partial charge < -0.3 is 20.8 Å². The summed E-state index contributed by atoms with van der Waals surface area (Å²) in [5, 5.41) is 26.1. The highest BCUT2D eigenvalue weighted by Crippen LogP contribution is 2.77. The minimum Gasteiger partial charge on any atom is -0.481 e. The van der Waals surface area contributed by atoms with Crippen LogP contribution in [0.15, 0.2) is 12.2 Å². The lowest BCUT2D eigenvalue weighted by atomic mass is 9.32. The Balaban J connectivity index is 1.25. The topological polar surface area (TPSA) is 116 Å². The lowest BCUT2D eigenvalue weighted by Crippen LogP contribution is -2.67. The molecule has 2 amide bonds. The molecule has 5 aliphatic rings. The number of rotatable bonds is 12. The van der Waals surface area contributed by atoms with Crippen LogP contribution in [0.2, 0.25) is 0 Å². The minimum atomic E-state index is -0.803. The van der Waals surface area contributed by atoms with Gasteiger partial charge in [-0.3, -0.25) is 14.4 Å². The number of hydrogen-bond acceptors (Lipinski definition) is 4. The molecule has 0 aromatic rings. The fourth-order valence-electron chi connectivity index (χ4n) is 13.0. The van der Waals surface area contributed by atoms with Crippen molar-refractivity contribution in [3.63, 3.8) is 0 Å². The lowest BCUT2D eigenvalue weighted by molar-refractivity contribution is -0.246. The monoisotopic (exact) mass is 654 g/mol. The Morgan fingerprint density at radius 1 is 0.745 bits per heavy atom. The predicted molar refractivity (Wildman–Crippen MR) is 186 cm³/mol. The molecule has 0 aliphatic heterocycles. The first kappa shape index (κ1) is 36.4. The average molecular weight is 655 g/mol. The molecule has 0 radical (unpaired) electrons. The summed E-state index contributed by atoms with van der Waals surface area (Å²) in [7, 11) is 0. The van der Waals surface area contributed by atoms with E-state index in [1.807, 2.05) is 0 Å². The van der Waals surface area contributed by atoms with Gasteiger partial charge in [0.25, 0.3) is 0 Å². The van der Waals surface area contributed by atoms with Gasteiger partial charge in [-0.15, -0.1) is 0 Å². The van der Waals surface area contributed by atoms with Gasteiger partial charge in [0.1, 0.15) is 0 Å². The van der Waals surface area contributed by atoms with Crippen molar-refractivity contribution in [2.45, 2.75) is 150 Å². The molecule has 266 valence electrons. The molecule has 5 fully saturated rings. The Kier molecular flexibility index (Phi) is 10.4. The second kappa shape index (κ2) is 13.4. The molecule has 47 heavy (non-hydrogen) atoms. The average Bonchev–Trinajstić information content (AvgIpc) is 3.40. The van der Waals surface area contributed by atoms with Crippen molar-refractivity contribution in [3.8, 4) is 0 Å². The van der Waals surface area contributed by atoms with Crippen LogP contribution in [0.3, 0.4) is 0 Å². The number of carboxylic acids is 1. The highest BCUT2D eigenvalue weighted by molar-refractivity contribution is 5.84. The summed E-state index contributed by atoms with van der Waals surface area (Å²) < 4.78 is 0. The number of aliphatic hydroxyl groups excluding tert-OH is 1. The minimum absolute atomic E-state index is 0.00285. The van der Waals surface area contributed by atoms with Crippen LogP contribution < -0.4 is 10.6 Å². The largest absolute Gasteiger partial charge is 0.481 e. The van der Waals surface area contributed by atoms with E-state index in [4.69, 9.17) is 5.11 Å². The van der Waals surface area contributed by atoms with Crippen molar-refractivity contribution in [2.75, 3.05) is 13.1 Å². The number of fused-ring (bicyclic) bond motifs is 7. The van der Waals surface area contributed by atoms with Crippen LogP contribution in [0.4, 0.5) is 0 Å². The van der Waals surface area contributed by atoms with Gasteiger partial charge in [0, 0.05) is 25.9 Å². The van der Waals surface area contributed by atoms with E-state index < -0.39 is 5.97 Å². The summed E-state index contributed by atoms with van der Waals surface area (Å²) in [6.45, 7) is 20.3. The van der Waals surface area contributed by atoms with E-state index in [0.717, 1.165) is 51.4 Å². The van der Waals surface area contributed by atoms with Crippen LogP contribution in [-0.2, 0) is 14.4 Å². The summed E-state index contributed by atoms with van der Waals surface area (Å²) in [6, 6.07) is 0. The van der Waals surface area contributed by atoms with Crippen LogP contribution in [0.1, 0.15) is 144 Å². The number of aliphatic hydroxyl groups is 1. The molecule has 7 heteroatoms. The number of hydrogen-bond donors (Lipinski definition) is 4. The number of allylic oxidation sites excluding steroid dienone is 1. The molecule has 0 aromatic heterocycles. The molecule has 0 bridgehead atoms. The Morgan fingerprint density at radius 2 is 1.43 bits per heavy atom. The van der Waals surface area contributed by atoms with Crippen LogP contribution >= 0.6 is 0 Å². The standard InChI is InChI=1S/C40H66N2O5/c1-26(2)27-16-21-40(35(47)42-25-10-8-12-32(44)41-24-11-9-13-33(45)46)23-22-38(6)28(34(27)40)14-15-30-37(5)19-18-31(43)36(3,4)29(37)17-20-39(30,38)7/h27-31,34,43H,1,8-25H2,2-7H3,(H,41,44)(H,42,47)(H,45,46)/t27-,28+,29-,30+,31-,34+,37-,38+,39+,40-/m0/s1. The van der Waals surface area contributed by atoms with E-state index in [0.29, 0.717) is 61.9 Å². The van der Waals surface area contributed by atoms with E-state index in [9.17, 15) is 19.5 Å². The lowest BCUT2D eigenvalue weighted by Gasteiger charge is -2.72. The molecule has 5 aliphatic carbocycles. The summed E-state index contributed by atoms with van der Waals surface area (Å²) in [4.78, 5) is 37.2. The molecular weight excluding hydrogens is 588 g/mol. The number of nitrogens with one attached hydrogen (secondary N) is 2. The van der Waals surface area contributed by atoms with Gasteiger partial charge in [0.2, 0.25) is 11.8 Å². The third-order valence-corrected chi connectivity index (χ3v) is 15.8. The number of amides is 2. The summed E-state index contributed by atoms with van der Waals surface area (Å²) >= 11 is 0. The van der Waals surface area contributed by atoms with Gasteiger partial charge in [-0.25, -0.2) is 0 Å². The Morgan fingerprint density at radius 3 is 2.11 bits per heavy atom. The van der Waals surface area contributed by atoms with Gasteiger partial charge in [-0.05, 0) is 148 Å². The van der Waals surface area contributed by atoms with Crippen molar-refractivity contribution in [1.29, 1.82) is 0 Å². The molecule has 0 spiro atoms. The molecule has 5 rings (SSSR count). The zero-order chi connectivity index (χ0) is 34.4. The molecule has 5 saturated carbocycles. The first-order valence-corrected chi connectivity index (χ1v) is 19.1. The summed E-state index contributed by atoms with van der Waals surface area (Å²) in [5.74, 6) is 1.86. The fraction of sp³-hybridized carbons (Fsp3) is 0.875. The molecule has 0 heterocycles. The Hall–Kier alpha value is -1.89. The summed E-state index contributed by atoms with van der Waals surface area (Å²) in [5.41, 5.74) is 1.52. The van der Waals surface area contributed by atoms with Gasteiger partial charge >= 0.3 is 5.97 Å². The third-order valence-electron chi connectivity index (χ3n) is 15.8. The van der Waals surface area contributed by atoms with E-state index in [-0.39, 0.29) is 51.4 Å². The maximum Gasteiger partial charge on any atom is 0.303 e. The number of carboxylic acid groups (broad SMARTS) is 1. The molecule has 10 atom stereocenters. The van der Waals surface area contributed by atoms with Gasteiger partial charge in [-0.1, -0.05) is 46.8 Å². The van der Waals surface area contributed by atoms with E-state index in [2.05, 4.69) is 58.8 Å². The first-order chi connectivity index (χ1) is 22.0. The highest BCUT2D eigenvalue weighted by Gasteiger charge is 2.71. The second-order valence-electron chi connectivity index (χ2n) is 18.1. The molecule has 7 nitrogen and oxygen atoms in total. The van der Waals surface area contributed by atoms with E-state index in [1.54, 1.807) is 0 Å². The molecule has 4 N–H and O–H groups in total. The Labute approximate surface area is 284 Å². The predicted octanol–water partition coefficient (Wildman–Crippen LogP) is 7.66. The Bertz CT molecular complexity index is 1210.